The molecule has 0 aliphatic rings. The third-order valence-electron chi connectivity index (χ3n) is 12.8. The molecule has 0 N–H and O–H groups in total. The van der Waals surface area contributed by atoms with Crippen LogP contribution in [-0.2, 0) is 26.5 Å². The first kappa shape index (κ1) is 39.1. The number of benzene rings is 8. The molecule has 0 atom stereocenters. The normalized spacial score (nSPS) is 12.1. The maximum atomic E-state index is 6.68. The van der Waals surface area contributed by atoms with Crippen LogP contribution in [0.4, 0.5) is 0 Å². The van der Waals surface area contributed by atoms with Gasteiger partial charge in [0.05, 0.1) is 33.3 Å². The van der Waals surface area contributed by atoms with Crippen LogP contribution in [-0.4, -0.2) is 18.5 Å². The van der Waals surface area contributed by atoms with Gasteiger partial charge in [-0.05, 0) is 75.6 Å². The molecule has 13 aromatic rings. The van der Waals surface area contributed by atoms with Crippen molar-refractivity contribution < 1.29 is 30.4 Å². The van der Waals surface area contributed by atoms with E-state index in [0.717, 1.165) is 55.6 Å². The van der Waals surface area contributed by atoms with Crippen molar-refractivity contribution in [2.75, 3.05) is 0 Å². The van der Waals surface area contributed by atoms with E-state index in [9.17, 15) is 0 Å². The number of aromatic nitrogens is 5. The van der Waals surface area contributed by atoms with Crippen molar-refractivity contribution in [3.05, 3.63) is 206 Å². The van der Waals surface area contributed by atoms with Gasteiger partial charge in [-0.1, -0.05) is 129 Å². The zero-order valence-corrected chi connectivity index (χ0v) is 38.1. The molecule has 65 heavy (non-hydrogen) atoms. The predicted octanol–water partition coefficient (Wildman–Crippen LogP) is 13.7. The van der Waals surface area contributed by atoms with Gasteiger partial charge >= 0.3 is 0 Å². The van der Waals surface area contributed by atoms with Crippen LogP contribution in [0.1, 0.15) is 26.3 Å². The fourth-order valence-corrected chi connectivity index (χ4v) is 9.78. The quantitative estimate of drug-likeness (QED) is 0.123. The SMILES string of the molecule is CC(C)(C)c1ccnc(-n2c3[c-]c(Oc4[c-]c(-n5[c-][n+](-c6cc7c8ccccc8n8c9ccccc9c(c6)c78)c6ccccc65)ccc4)ccc3c3cc(-c4ccccc4)ccc32)c1.[Pt]. The Morgan fingerprint density at radius 2 is 1.23 bits per heavy atom. The number of nitrogens with zero attached hydrogens (tertiary/aromatic N) is 5. The molecule has 0 aliphatic heterocycles. The topological polar surface area (TPSA) is 40.3 Å². The number of hydrogen-bond donors (Lipinski definition) is 0. The summed E-state index contributed by atoms with van der Waals surface area (Å²) in [7, 11) is 0. The molecule has 0 unspecified atom stereocenters. The first-order valence-corrected chi connectivity index (χ1v) is 21.7. The summed E-state index contributed by atoms with van der Waals surface area (Å²) < 4.78 is 15.5. The molecule has 0 aliphatic carbocycles. The summed E-state index contributed by atoms with van der Waals surface area (Å²) in [5, 5.41) is 7.12. The van der Waals surface area contributed by atoms with E-state index in [0.29, 0.717) is 11.5 Å². The summed E-state index contributed by atoms with van der Waals surface area (Å²) in [6.45, 7) is 6.69. The van der Waals surface area contributed by atoms with Gasteiger partial charge in [-0.3, -0.25) is 4.57 Å². The minimum atomic E-state index is -0.0461. The van der Waals surface area contributed by atoms with Crippen LogP contribution < -0.4 is 9.30 Å². The minimum Gasteiger partial charge on any atom is -0.510 e. The Hall–Kier alpha value is -7.53. The molecule has 6 nitrogen and oxygen atoms in total. The van der Waals surface area contributed by atoms with Gasteiger partial charge in [-0.25, -0.2) is 4.98 Å². The van der Waals surface area contributed by atoms with Gasteiger partial charge in [-0.15, -0.1) is 29.7 Å². The first-order valence-electron chi connectivity index (χ1n) is 21.7. The largest absolute Gasteiger partial charge is 0.510 e. The van der Waals surface area contributed by atoms with E-state index in [-0.39, 0.29) is 26.5 Å². The molecule has 0 radical (unpaired) electrons. The molecule has 314 valence electrons. The van der Waals surface area contributed by atoms with Crippen molar-refractivity contribution in [2.45, 2.75) is 26.2 Å². The van der Waals surface area contributed by atoms with Gasteiger partial charge in [0.2, 0.25) is 0 Å². The molecular formula is C58H39N5OPt-2. The zero-order valence-electron chi connectivity index (χ0n) is 35.8. The third kappa shape index (κ3) is 6.12. The van der Waals surface area contributed by atoms with Gasteiger partial charge in [-0.2, -0.15) is 18.2 Å². The van der Waals surface area contributed by atoms with Gasteiger partial charge < -0.3 is 18.3 Å². The predicted molar refractivity (Wildman–Crippen MR) is 259 cm³/mol. The van der Waals surface area contributed by atoms with Gasteiger partial charge in [0.15, 0.2) is 0 Å². The Bertz CT molecular complexity index is 3900. The van der Waals surface area contributed by atoms with Crippen LogP contribution in [0, 0.1) is 18.5 Å². The zero-order chi connectivity index (χ0) is 42.7. The van der Waals surface area contributed by atoms with Crippen molar-refractivity contribution in [1.29, 1.82) is 0 Å². The third-order valence-corrected chi connectivity index (χ3v) is 12.8. The second-order valence-electron chi connectivity index (χ2n) is 17.7. The Kier molecular flexibility index (Phi) is 8.88. The van der Waals surface area contributed by atoms with E-state index >= 15 is 0 Å². The molecule has 8 aromatic carbocycles. The van der Waals surface area contributed by atoms with Crippen LogP contribution in [0.15, 0.2) is 182 Å². The van der Waals surface area contributed by atoms with Crippen molar-refractivity contribution >= 4 is 70.9 Å². The van der Waals surface area contributed by atoms with Crippen molar-refractivity contribution in [3.8, 4) is 39.8 Å². The fraction of sp³-hybridized carbons (Fsp3) is 0.0690. The molecule has 5 aromatic heterocycles. The van der Waals surface area contributed by atoms with Crippen LogP contribution in [0.2, 0.25) is 0 Å². The molecule has 0 bridgehead atoms. The summed E-state index contributed by atoms with van der Waals surface area (Å²) in [4.78, 5) is 4.92. The molecule has 0 amide bonds. The average molecular weight is 1020 g/mol. The number of ether oxygens (including phenoxy) is 1. The average Bonchev–Trinajstić information content (AvgIpc) is 4.07. The monoisotopic (exact) mass is 1020 g/mol. The Morgan fingerprint density at radius 1 is 0.538 bits per heavy atom. The van der Waals surface area contributed by atoms with Gasteiger partial charge in [0, 0.05) is 65.8 Å². The number of para-hydroxylation sites is 4. The summed E-state index contributed by atoms with van der Waals surface area (Å²) in [6.07, 6.45) is 5.63. The second kappa shape index (κ2) is 14.8. The van der Waals surface area contributed by atoms with Gasteiger partial charge in [0.1, 0.15) is 5.82 Å². The molecule has 0 saturated carbocycles. The number of fused-ring (bicyclic) bond motifs is 10. The Balaban J connectivity index is 0.00000444. The fourth-order valence-electron chi connectivity index (χ4n) is 9.78. The van der Waals surface area contributed by atoms with Crippen LogP contribution in [0.25, 0.3) is 99.3 Å². The molecule has 5 heterocycles. The Morgan fingerprint density at radius 3 is 1.98 bits per heavy atom. The molecule has 0 fully saturated rings. The molecular weight excluding hydrogens is 978 g/mol. The number of pyridine rings is 1. The summed E-state index contributed by atoms with van der Waals surface area (Å²) in [5.41, 5.74) is 13.0. The van der Waals surface area contributed by atoms with E-state index in [2.05, 4.69) is 215 Å². The number of imidazole rings is 1. The minimum absolute atomic E-state index is 0. The van der Waals surface area contributed by atoms with E-state index in [4.69, 9.17) is 9.72 Å². The van der Waals surface area contributed by atoms with Crippen molar-refractivity contribution in [2.24, 2.45) is 0 Å². The summed E-state index contributed by atoms with van der Waals surface area (Å²) >= 11 is 0. The maximum Gasteiger partial charge on any atom is 0.268 e. The molecule has 13 rings (SSSR count). The van der Waals surface area contributed by atoms with Crippen LogP contribution in [0.3, 0.4) is 0 Å². The molecule has 0 saturated heterocycles. The van der Waals surface area contributed by atoms with Crippen molar-refractivity contribution in [1.82, 2.24) is 18.5 Å². The standard InChI is InChI=1S/C58H39N5O.Pt/c1-58(2,3)39-28-29-59-56(31-39)62-52-27-24-38(37-14-5-4-6-15-37)30-47(52)46-26-25-43(35-55(46)62)64-42-17-13-16-40(32-42)60-36-61(54-23-12-11-22-53(54)60)41-33-48-44-18-7-9-20-50(44)63-51-21-10-8-19-45(51)49(34-41)57(48)63;/h4-31,33-34H,1-3H3;/q-2;. The van der Waals surface area contributed by atoms with E-state index in [1.807, 2.05) is 24.4 Å². The second-order valence-corrected chi connectivity index (χ2v) is 17.7. The van der Waals surface area contributed by atoms with Crippen molar-refractivity contribution in [3.63, 3.8) is 0 Å². The number of rotatable bonds is 6. The summed E-state index contributed by atoms with van der Waals surface area (Å²) in [5.74, 6) is 2.00. The maximum absolute atomic E-state index is 6.68. The van der Waals surface area contributed by atoms with E-state index in [1.165, 1.54) is 49.2 Å². The Labute approximate surface area is 389 Å². The summed E-state index contributed by atoms with van der Waals surface area (Å²) in [6, 6.07) is 69.3. The molecule has 0 spiro atoms. The molecule has 7 heteroatoms. The van der Waals surface area contributed by atoms with E-state index in [1.54, 1.807) is 0 Å². The van der Waals surface area contributed by atoms with E-state index < -0.39 is 0 Å². The smallest absolute Gasteiger partial charge is 0.268 e. The number of hydrogen-bond acceptors (Lipinski definition) is 2. The van der Waals surface area contributed by atoms with Crippen LogP contribution in [0.5, 0.6) is 11.5 Å². The first-order chi connectivity index (χ1) is 31.4. The van der Waals surface area contributed by atoms with Gasteiger partial charge in [0.25, 0.3) is 6.33 Å². The van der Waals surface area contributed by atoms with Crippen LogP contribution >= 0.6 is 0 Å².